The maximum atomic E-state index is 14.7. The molecule has 1 unspecified atom stereocenters. The summed E-state index contributed by atoms with van der Waals surface area (Å²) in [5, 5.41) is 3.22. The van der Waals surface area contributed by atoms with E-state index in [4.69, 9.17) is 0 Å². The lowest BCUT2D eigenvalue weighted by molar-refractivity contribution is -0.140. The van der Waals surface area contributed by atoms with Crippen LogP contribution in [0.15, 0.2) is 112 Å². The van der Waals surface area contributed by atoms with Gasteiger partial charge in [-0.2, -0.15) is 0 Å². The number of sulfonamides is 1. The van der Waals surface area contributed by atoms with Gasteiger partial charge in [-0.05, 0) is 73.7 Å². The highest BCUT2D eigenvalue weighted by Crippen LogP contribution is 2.28. The summed E-state index contributed by atoms with van der Waals surface area (Å²) < 4.78 is 30.2. The Balaban J connectivity index is 1.57. The van der Waals surface area contributed by atoms with E-state index in [9.17, 15) is 18.0 Å². The van der Waals surface area contributed by atoms with E-state index in [0.717, 1.165) is 52.2 Å². The van der Waals surface area contributed by atoms with Crippen LogP contribution >= 0.6 is 15.9 Å². The maximum absolute atomic E-state index is 14.7. The average molecular weight is 703 g/mol. The number of hydrogen-bond donors (Lipinski definition) is 1. The molecule has 1 fully saturated rings. The summed E-state index contributed by atoms with van der Waals surface area (Å²) in [6.07, 6.45) is 4.21. The fraction of sp³-hybridized carbons (Fsp3) is 0.297. The van der Waals surface area contributed by atoms with Gasteiger partial charge in [0.25, 0.3) is 10.0 Å². The fourth-order valence-electron chi connectivity index (χ4n) is 5.89. The molecule has 0 aromatic heterocycles. The predicted molar refractivity (Wildman–Crippen MR) is 186 cm³/mol. The molecule has 2 amide bonds. The lowest BCUT2D eigenvalue weighted by Gasteiger charge is -2.34. The molecule has 9 heteroatoms. The van der Waals surface area contributed by atoms with Gasteiger partial charge in [-0.1, -0.05) is 107 Å². The number of rotatable bonds is 12. The van der Waals surface area contributed by atoms with Gasteiger partial charge in [0.1, 0.15) is 12.6 Å². The number of nitrogens with zero attached hydrogens (tertiary/aromatic N) is 2. The number of aryl methyl sites for hydroxylation is 2. The summed E-state index contributed by atoms with van der Waals surface area (Å²) in [4.78, 5) is 30.4. The van der Waals surface area contributed by atoms with Crippen molar-refractivity contribution in [1.82, 2.24) is 10.2 Å². The van der Waals surface area contributed by atoms with Crippen LogP contribution in [-0.4, -0.2) is 43.8 Å². The zero-order valence-electron chi connectivity index (χ0n) is 26.2. The van der Waals surface area contributed by atoms with Crippen LogP contribution in [0.25, 0.3) is 0 Å². The molecule has 1 atom stereocenters. The topological polar surface area (TPSA) is 86.8 Å². The molecule has 0 heterocycles. The standard InChI is InChI=1S/C37H40BrN3O4S/c1-27-19-21-34(22-20-27)46(44,45)41(33-18-10-15-31(38)24-33)26-36(42)40(25-30-14-7-6-11-28(30)2)35(23-29-12-4-3-5-13-29)37(43)39-32-16-8-9-17-32/h3-7,10-15,18-22,24,32,35H,8-9,16-17,23,25-26H2,1-2H3,(H,39,43). The first-order valence-corrected chi connectivity index (χ1v) is 17.9. The minimum Gasteiger partial charge on any atom is -0.352 e. The van der Waals surface area contributed by atoms with Crippen molar-refractivity contribution in [2.45, 2.75) is 69.5 Å². The zero-order valence-corrected chi connectivity index (χ0v) is 28.6. The lowest BCUT2D eigenvalue weighted by Crippen LogP contribution is -2.54. The summed E-state index contributed by atoms with van der Waals surface area (Å²) in [5.74, 6) is -0.700. The van der Waals surface area contributed by atoms with Gasteiger partial charge in [0, 0.05) is 23.5 Å². The van der Waals surface area contributed by atoms with Crippen molar-refractivity contribution < 1.29 is 18.0 Å². The van der Waals surface area contributed by atoms with Crippen LogP contribution in [-0.2, 0) is 32.6 Å². The van der Waals surface area contributed by atoms with E-state index in [1.165, 1.54) is 0 Å². The highest BCUT2D eigenvalue weighted by Gasteiger charge is 2.35. The quantitative estimate of drug-likeness (QED) is 0.173. The molecule has 1 aliphatic rings. The second-order valence-electron chi connectivity index (χ2n) is 11.9. The second kappa shape index (κ2) is 15.1. The number of benzene rings is 4. The van der Waals surface area contributed by atoms with E-state index in [1.807, 2.05) is 68.4 Å². The molecule has 240 valence electrons. The predicted octanol–water partition coefficient (Wildman–Crippen LogP) is 6.96. The lowest BCUT2D eigenvalue weighted by atomic mass is 10.0. The fourth-order valence-corrected chi connectivity index (χ4v) is 7.68. The van der Waals surface area contributed by atoms with Crippen molar-refractivity contribution in [1.29, 1.82) is 0 Å². The minimum atomic E-state index is -4.16. The van der Waals surface area contributed by atoms with Crippen molar-refractivity contribution in [3.63, 3.8) is 0 Å². The van der Waals surface area contributed by atoms with Gasteiger partial charge in [0.15, 0.2) is 0 Å². The third-order valence-electron chi connectivity index (χ3n) is 8.56. The summed E-state index contributed by atoms with van der Waals surface area (Å²) in [6, 6.07) is 30.1. The SMILES string of the molecule is Cc1ccc(S(=O)(=O)N(CC(=O)N(Cc2ccccc2C)C(Cc2ccccc2)C(=O)NC2CCCC2)c2cccc(Br)c2)cc1. The molecule has 0 saturated heterocycles. The highest BCUT2D eigenvalue weighted by molar-refractivity contribution is 9.10. The van der Waals surface area contributed by atoms with E-state index < -0.39 is 28.5 Å². The van der Waals surface area contributed by atoms with Gasteiger partial charge < -0.3 is 10.2 Å². The van der Waals surface area contributed by atoms with Crippen molar-refractivity contribution in [3.8, 4) is 0 Å². The molecule has 4 aromatic rings. The van der Waals surface area contributed by atoms with Crippen molar-refractivity contribution in [2.75, 3.05) is 10.8 Å². The normalized spacial score (nSPS) is 14.1. The van der Waals surface area contributed by atoms with Crippen LogP contribution in [0.2, 0.25) is 0 Å². The Labute approximate surface area is 280 Å². The molecular formula is C37H40BrN3O4S. The molecule has 5 rings (SSSR count). The van der Waals surface area contributed by atoms with Crippen LogP contribution in [0.5, 0.6) is 0 Å². The number of carbonyl (C=O) groups excluding carboxylic acids is 2. The number of carbonyl (C=O) groups is 2. The smallest absolute Gasteiger partial charge is 0.264 e. The Morgan fingerprint density at radius 1 is 0.870 bits per heavy atom. The molecule has 4 aromatic carbocycles. The van der Waals surface area contributed by atoms with Crippen LogP contribution in [0.3, 0.4) is 0 Å². The highest BCUT2D eigenvalue weighted by atomic mass is 79.9. The Morgan fingerprint density at radius 3 is 2.22 bits per heavy atom. The van der Waals surface area contributed by atoms with Crippen LogP contribution in [0.4, 0.5) is 5.69 Å². The Bertz CT molecular complexity index is 1760. The van der Waals surface area contributed by atoms with E-state index in [0.29, 0.717) is 16.6 Å². The Morgan fingerprint density at radius 2 is 1.54 bits per heavy atom. The first-order chi connectivity index (χ1) is 22.1. The van der Waals surface area contributed by atoms with Crippen LogP contribution in [0, 0.1) is 13.8 Å². The van der Waals surface area contributed by atoms with E-state index in [1.54, 1.807) is 53.4 Å². The van der Waals surface area contributed by atoms with Crippen molar-refractivity contribution >= 4 is 43.5 Å². The molecule has 0 spiro atoms. The monoisotopic (exact) mass is 701 g/mol. The third kappa shape index (κ3) is 8.25. The number of halogens is 1. The molecule has 7 nitrogen and oxygen atoms in total. The van der Waals surface area contributed by atoms with Crippen LogP contribution < -0.4 is 9.62 Å². The molecule has 0 radical (unpaired) electrons. The second-order valence-corrected chi connectivity index (χ2v) is 14.7. The zero-order chi connectivity index (χ0) is 32.7. The molecule has 0 bridgehead atoms. The number of anilines is 1. The Hall–Kier alpha value is -3.95. The van der Waals surface area contributed by atoms with Gasteiger partial charge >= 0.3 is 0 Å². The van der Waals surface area contributed by atoms with E-state index in [-0.39, 0.29) is 23.4 Å². The van der Waals surface area contributed by atoms with Gasteiger partial charge in [0.05, 0.1) is 10.6 Å². The van der Waals surface area contributed by atoms with Gasteiger partial charge in [-0.25, -0.2) is 8.42 Å². The summed E-state index contributed by atoms with van der Waals surface area (Å²) >= 11 is 3.46. The Kier molecular flexibility index (Phi) is 11.0. The third-order valence-corrected chi connectivity index (χ3v) is 10.8. The summed E-state index contributed by atoms with van der Waals surface area (Å²) in [5.41, 5.74) is 4.04. The van der Waals surface area contributed by atoms with Crippen molar-refractivity contribution in [3.05, 3.63) is 130 Å². The molecule has 46 heavy (non-hydrogen) atoms. The van der Waals surface area contributed by atoms with E-state index in [2.05, 4.69) is 21.2 Å². The van der Waals surface area contributed by atoms with Gasteiger partial charge in [-0.3, -0.25) is 13.9 Å². The van der Waals surface area contributed by atoms with Crippen molar-refractivity contribution in [2.24, 2.45) is 0 Å². The maximum Gasteiger partial charge on any atom is 0.264 e. The number of nitrogens with one attached hydrogen (secondary N) is 1. The minimum absolute atomic E-state index is 0.0567. The first-order valence-electron chi connectivity index (χ1n) is 15.6. The molecule has 1 N–H and O–H groups in total. The molecular weight excluding hydrogens is 662 g/mol. The van der Waals surface area contributed by atoms with Crippen LogP contribution in [0.1, 0.15) is 47.9 Å². The number of amides is 2. The molecule has 1 aliphatic carbocycles. The molecule has 1 saturated carbocycles. The first kappa shape index (κ1) is 33.4. The van der Waals surface area contributed by atoms with Gasteiger partial charge in [-0.15, -0.1) is 0 Å². The largest absolute Gasteiger partial charge is 0.352 e. The molecule has 0 aliphatic heterocycles. The average Bonchev–Trinajstić information content (AvgIpc) is 3.56. The summed E-state index contributed by atoms with van der Waals surface area (Å²) in [6.45, 7) is 3.52. The van der Waals surface area contributed by atoms with Gasteiger partial charge in [0.2, 0.25) is 11.8 Å². The summed E-state index contributed by atoms with van der Waals surface area (Å²) in [7, 11) is -4.16. The number of hydrogen-bond acceptors (Lipinski definition) is 4. The van der Waals surface area contributed by atoms with E-state index >= 15 is 0 Å².